The number of fused-ring (bicyclic) bond motifs is 4. The largest absolute Gasteiger partial charge is 0.311 e. The summed E-state index contributed by atoms with van der Waals surface area (Å²) in [5.74, 6) is 0.297. The van der Waals surface area contributed by atoms with Crippen LogP contribution >= 0.6 is 0 Å². The summed E-state index contributed by atoms with van der Waals surface area (Å²) >= 11 is 0. The predicted molar refractivity (Wildman–Crippen MR) is 254 cm³/mol. The van der Waals surface area contributed by atoms with E-state index in [1.54, 1.807) is 0 Å². The van der Waals surface area contributed by atoms with Gasteiger partial charge in [-0.15, -0.1) is 0 Å². The standard InChI is InChI=1S/C58H42N2/c1-3-15-41(16-4-1)42-29-33-47(34-30-42)59(48-35-31-45(32-36-48)52-26-14-20-43-19-7-8-23-51(43)52)50-37-38-53(56(40-50)44-17-5-2-6-18-44)46-21-13-22-49(39-46)60-57-27-11-9-24-54(57)55-25-10-12-28-58(55)60/h1-31,33-40,45H,32H2. The van der Waals surface area contributed by atoms with Gasteiger partial charge in [0.05, 0.1) is 11.0 Å². The van der Waals surface area contributed by atoms with Crippen molar-refractivity contribution in [3.05, 3.63) is 248 Å². The van der Waals surface area contributed by atoms with Gasteiger partial charge in [-0.25, -0.2) is 0 Å². The number of aromatic nitrogens is 1. The average Bonchev–Trinajstić information content (AvgIpc) is 3.67. The van der Waals surface area contributed by atoms with Crippen LogP contribution in [0.5, 0.6) is 0 Å². The first-order valence-corrected chi connectivity index (χ1v) is 20.9. The van der Waals surface area contributed by atoms with Crippen molar-refractivity contribution in [2.45, 2.75) is 12.3 Å². The Morgan fingerprint density at radius 3 is 1.72 bits per heavy atom. The van der Waals surface area contributed by atoms with E-state index in [2.05, 4.69) is 246 Å². The van der Waals surface area contributed by atoms with E-state index in [9.17, 15) is 0 Å². The number of anilines is 2. The minimum absolute atomic E-state index is 0.297. The summed E-state index contributed by atoms with van der Waals surface area (Å²) in [5.41, 5.74) is 15.5. The van der Waals surface area contributed by atoms with Gasteiger partial charge in [0.2, 0.25) is 0 Å². The number of allylic oxidation sites excluding steroid dienone is 3. The monoisotopic (exact) mass is 766 g/mol. The Labute approximate surface area is 351 Å². The molecular formula is C58H42N2. The maximum absolute atomic E-state index is 2.43. The van der Waals surface area contributed by atoms with Crippen molar-refractivity contribution in [3.8, 4) is 39.1 Å². The topological polar surface area (TPSA) is 8.17 Å². The lowest BCUT2D eigenvalue weighted by Gasteiger charge is -2.30. The van der Waals surface area contributed by atoms with Gasteiger partial charge in [0.15, 0.2) is 0 Å². The van der Waals surface area contributed by atoms with Gasteiger partial charge in [0.1, 0.15) is 0 Å². The Morgan fingerprint density at radius 2 is 1.00 bits per heavy atom. The molecule has 9 aromatic carbocycles. The summed E-state index contributed by atoms with van der Waals surface area (Å²) in [5, 5.41) is 5.14. The molecule has 2 heteroatoms. The van der Waals surface area contributed by atoms with Crippen LogP contribution in [0, 0.1) is 0 Å². The van der Waals surface area contributed by atoms with Gasteiger partial charge >= 0.3 is 0 Å². The van der Waals surface area contributed by atoms with Gasteiger partial charge in [0, 0.05) is 39.4 Å². The van der Waals surface area contributed by atoms with E-state index in [-0.39, 0.29) is 0 Å². The quantitative estimate of drug-likeness (QED) is 0.150. The van der Waals surface area contributed by atoms with Crippen LogP contribution in [-0.2, 0) is 0 Å². The molecule has 10 aromatic rings. The van der Waals surface area contributed by atoms with E-state index in [0.717, 1.165) is 23.5 Å². The molecule has 1 aliphatic carbocycles. The summed E-state index contributed by atoms with van der Waals surface area (Å²) in [6.07, 6.45) is 8.06. The first-order valence-electron chi connectivity index (χ1n) is 20.9. The third-order valence-electron chi connectivity index (χ3n) is 12.1. The SMILES string of the molecule is C1=CC(c2cccc3ccccc23)CC=C1N(c1ccc(-c2ccccc2)cc1)c1ccc(-c2cccc(-n3c4ccccc4c4ccccc43)c2)c(-c2ccccc2)c1. The molecule has 11 rings (SSSR count). The molecule has 0 N–H and O–H groups in total. The Bertz CT molecular complexity index is 3170. The lowest BCUT2D eigenvalue weighted by Crippen LogP contribution is -2.17. The van der Waals surface area contributed by atoms with E-state index in [4.69, 9.17) is 0 Å². The van der Waals surface area contributed by atoms with Crippen molar-refractivity contribution < 1.29 is 0 Å². The highest BCUT2D eigenvalue weighted by molar-refractivity contribution is 6.09. The average molecular weight is 767 g/mol. The fraction of sp³-hybridized carbons (Fsp3) is 0.0345. The number of rotatable bonds is 8. The van der Waals surface area contributed by atoms with Crippen molar-refractivity contribution in [3.63, 3.8) is 0 Å². The van der Waals surface area contributed by atoms with E-state index >= 15 is 0 Å². The van der Waals surface area contributed by atoms with E-state index in [0.29, 0.717) is 5.92 Å². The van der Waals surface area contributed by atoms with E-state index < -0.39 is 0 Å². The molecule has 1 heterocycles. The summed E-state index contributed by atoms with van der Waals surface area (Å²) in [4.78, 5) is 2.43. The van der Waals surface area contributed by atoms with Crippen molar-refractivity contribution in [1.82, 2.24) is 4.57 Å². The molecule has 0 saturated carbocycles. The molecule has 0 bridgehead atoms. The van der Waals surface area contributed by atoms with Crippen molar-refractivity contribution in [2.75, 3.05) is 4.90 Å². The van der Waals surface area contributed by atoms with Crippen LogP contribution in [0.4, 0.5) is 11.4 Å². The number of hydrogen-bond donors (Lipinski definition) is 0. The number of nitrogens with zero attached hydrogens (tertiary/aromatic N) is 2. The lowest BCUT2D eigenvalue weighted by molar-refractivity contribution is 0.847. The molecule has 2 nitrogen and oxygen atoms in total. The third-order valence-corrected chi connectivity index (χ3v) is 12.1. The fourth-order valence-corrected chi connectivity index (χ4v) is 9.25. The van der Waals surface area contributed by atoms with Crippen LogP contribution in [0.1, 0.15) is 17.9 Å². The van der Waals surface area contributed by atoms with Crippen molar-refractivity contribution in [2.24, 2.45) is 0 Å². The summed E-state index contributed by atoms with van der Waals surface area (Å²) in [6.45, 7) is 0. The second kappa shape index (κ2) is 15.2. The molecule has 1 aromatic heterocycles. The summed E-state index contributed by atoms with van der Waals surface area (Å²) in [7, 11) is 0. The molecular weight excluding hydrogens is 725 g/mol. The molecule has 0 saturated heterocycles. The maximum atomic E-state index is 2.43. The normalized spacial score (nSPS) is 13.8. The van der Waals surface area contributed by atoms with Gasteiger partial charge in [0.25, 0.3) is 0 Å². The predicted octanol–water partition coefficient (Wildman–Crippen LogP) is 15.7. The van der Waals surface area contributed by atoms with Crippen molar-refractivity contribution >= 4 is 44.0 Å². The Balaban J connectivity index is 1.03. The Kier molecular flexibility index (Phi) is 9.02. The second-order valence-electron chi connectivity index (χ2n) is 15.7. The zero-order valence-corrected chi connectivity index (χ0v) is 33.2. The molecule has 60 heavy (non-hydrogen) atoms. The van der Waals surface area contributed by atoms with Crippen LogP contribution in [-0.4, -0.2) is 4.57 Å². The highest BCUT2D eigenvalue weighted by atomic mass is 15.1. The number of para-hydroxylation sites is 2. The molecule has 0 amide bonds. The van der Waals surface area contributed by atoms with E-state index in [1.165, 1.54) is 77.2 Å². The zero-order chi connectivity index (χ0) is 39.8. The molecule has 1 atom stereocenters. The Hall–Kier alpha value is -7.68. The minimum Gasteiger partial charge on any atom is -0.311 e. The van der Waals surface area contributed by atoms with Gasteiger partial charge in [-0.2, -0.15) is 0 Å². The minimum atomic E-state index is 0.297. The first-order chi connectivity index (χ1) is 29.8. The first kappa shape index (κ1) is 35.5. The van der Waals surface area contributed by atoms with Crippen LogP contribution < -0.4 is 4.90 Å². The second-order valence-corrected chi connectivity index (χ2v) is 15.7. The molecule has 0 aliphatic heterocycles. The maximum Gasteiger partial charge on any atom is 0.0541 e. The van der Waals surface area contributed by atoms with Crippen molar-refractivity contribution in [1.29, 1.82) is 0 Å². The Morgan fingerprint density at radius 1 is 0.417 bits per heavy atom. The molecule has 0 spiro atoms. The molecule has 0 fully saturated rings. The van der Waals surface area contributed by atoms with Gasteiger partial charge in [-0.05, 0) is 111 Å². The number of benzene rings is 9. The van der Waals surface area contributed by atoms with E-state index in [1.807, 2.05) is 0 Å². The van der Waals surface area contributed by atoms with Gasteiger partial charge in [-0.1, -0.05) is 182 Å². The van der Waals surface area contributed by atoms with Gasteiger partial charge < -0.3 is 9.47 Å². The molecule has 0 radical (unpaired) electrons. The lowest BCUT2D eigenvalue weighted by atomic mass is 9.88. The molecule has 1 aliphatic rings. The van der Waals surface area contributed by atoms with Crippen LogP contribution in [0.15, 0.2) is 242 Å². The van der Waals surface area contributed by atoms with Gasteiger partial charge in [-0.3, -0.25) is 0 Å². The van der Waals surface area contributed by atoms with Crippen LogP contribution in [0.2, 0.25) is 0 Å². The highest BCUT2D eigenvalue weighted by Crippen LogP contribution is 2.42. The molecule has 284 valence electrons. The summed E-state index contributed by atoms with van der Waals surface area (Å²) < 4.78 is 2.40. The van der Waals surface area contributed by atoms with Crippen LogP contribution in [0.25, 0.3) is 71.6 Å². The highest BCUT2D eigenvalue weighted by Gasteiger charge is 2.22. The van der Waals surface area contributed by atoms with Crippen LogP contribution in [0.3, 0.4) is 0 Å². The molecule has 1 unspecified atom stereocenters. The third kappa shape index (κ3) is 6.40. The zero-order valence-electron chi connectivity index (χ0n) is 33.2. The number of hydrogen-bond acceptors (Lipinski definition) is 1. The summed E-state index contributed by atoms with van der Waals surface area (Å²) in [6, 6.07) is 79.4. The fourth-order valence-electron chi connectivity index (χ4n) is 9.25. The smallest absolute Gasteiger partial charge is 0.0541 e.